The Bertz CT molecular complexity index is 594. The fourth-order valence-electron chi connectivity index (χ4n) is 1.69. The van der Waals surface area contributed by atoms with Crippen LogP contribution in [0, 0.1) is 6.92 Å². The third-order valence-electron chi connectivity index (χ3n) is 2.61. The molecule has 1 aromatic carbocycles. The first-order valence-electron chi connectivity index (χ1n) is 5.88. The van der Waals surface area contributed by atoms with Crippen LogP contribution in [0.1, 0.15) is 20.8 Å². The van der Waals surface area contributed by atoms with Crippen LogP contribution in [0.2, 0.25) is 0 Å². The minimum atomic E-state index is -0.196. The van der Waals surface area contributed by atoms with E-state index in [1.807, 2.05) is 31.2 Å². The molecular formula is C13H16N4OS. The average molecular weight is 276 g/mol. The molecule has 0 unspecified atom stereocenters. The van der Waals surface area contributed by atoms with Crippen LogP contribution >= 0.6 is 11.3 Å². The molecule has 0 aliphatic heterocycles. The molecule has 4 N–H and O–H groups in total. The smallest absolute Gasteiger partial charge is 0.265 e. The number of aryl methyl sites for hydroxylation is 1. The number of thiazole rings is 1. The van der Waals surface area contributed by atoms with Gasteiger partial charge in [0.2, 0.25) is 0 Å². The highest BCUT2D eigenvalue weighted by molar-refractivity contribution is 7.18. The Morgan fingerprint density at radius 2 is 2.26 bits per heavy atom. The van der Waals surface area contributed by atoms with Gasteiger partial charge in [0.25, 0.3) is 5.91 Å². The second-order valence-corrected chi connectivity index (χ2v) is 5.15. The Balaban J connectivity index is 2.03. The summed E-state index contributed by atoms with van der Waals surface area (Å²) in [6.07, 6.45) is 0. The molecule has 100 valence electrons. The Morgan fingerprint density at radius 3 is 2.89 bits per heavy atom. The lowest BCUT2D eigenvalue weighted by molar-refractivity contribution is 0.0955. The minimum Gasteiger partial charge on any atom is -0.382 e. The van der Waals surface area contributed by atoms with E-state index in [0.29, 0.717) is 16.6 Å². The van der Waals surface area contributed by atoms with Crippen molar-refractivity contribution in [3.63, 3.8) is 0 Å². The zero-order valence-corrected chi connectivity index (χ0v) is 11.7. The molecule has 0 radical (unpaired) electrons. The van der Waals surface area contributed by atoms with Crippen molar-refractivity contribution in [1.82, 2.24) is 10.3 Å². The molecule has 0 fully saturated rings. The number of hydrogen-bond acceptors (Lipinski definition) is 5. The Labute approximate surface area is 115 Å². The number of nitrogens with two attached hydrogens (primary N) is 1. The third-order valence-corrected chi connectivity index (χ3v) is 3.70. The van der Waals surface area contributed by atoms with E-state index < -0.39 is 0 Å². The van der Waals surface area contributed by atoms with Gasteiger partial charge in [-0.1, -0.05) is 41.2 Å². The van der Waals surface area contributed by atoms with Crippen LogP contribution in [-0.4, -0.2) is 17.9 Å². The number of rotatable bonds is 4. The van der Waals surface area contributed by atoms with Gasteiger partial charge in [0.05, 0.1) is 0 Å². The summed E-state index contributed by atoms with van der Waals surface area (Å²) in [6, 6.07) is 8.00. The summed E-state index contributed by atoms with van der Waals surface area (Å²) in [5.74, 6) is 0.0640. The van der Waals surface area contributed by atoms with Gasteiger partial charge in [0.1, 0.15) is 10.7 Å². The standard InChI is InChI=1S/C13H16N4OS/c1-8-4-3-5-9(6-8)7-16-12(18)10-11(14)17-13(15-2)19-10/h3-6H,7,14H2,1-2H3,(H,15,17)(H,16,18). The molecule has 1 heterocycles. The first-order valence-corrected chi connectivity index (χ1v) is 6.69. The molecule has 2 rings (SSSR count). The zero-order chi connectivity index (χ0) is 13.8. The van der Waals surface area contributed by atoms with Crippen molar-refractivity contribution in [1.29, 1.82) is 0 Å². The van der Waals surface area contributed by atoms with Crippen LogP contribution in [0.25, 0.3) is 0 Å². The fourth-order valence-corrected chi connectivity index (χ4v) is 2.44. The van der Waals surface area contributed by atoms with Crippen LogP contribution < -0.4 is 16.4 Å². The second-order valence-electron chi connectivity index (χ2n) is 4.16. The van der Waals surface area contributed by atoms with Gasteiger partial charge in [-0.3, -0.25) is 4.79 Å². The molecule has 0 bridgehead atoms. The number of amides is 1. The first-order chi connectivity index (χ1) is 9.10. The lowest BCUT2D eigenvalue weighted by Gasteiger charge is -2.04. The van der Waals surface area contributed by atoms with Crippen molar-refractivity contribution in [3.05, 3.63) is 40.3 Å². The summed E-state index contributed by atoms with van der Waals surface area (Å²) in [4.78, 5) is 16.5. The van der Waals surface area contributed by atoms with E-state index in [1.165, 1.54) is 16.9 Å². The van der Waals surface area contributed by atoms with E-state index in [9.17, 15) is 4.79 Å². The van der Waals surface area contributed by atoms with Gasteiger partial charge < -0.3 is 16.4 Å². The summed E-state index contributed by atoms with van der Waals surface area (Å²) < 4.78 is 0. The largest absolute Gasteiger partial charge is 0.382 e. The molecule has 0 aliphatic rings. The van der Waals surface area contributed by atoms with Crippen molar-refractivity contribution < 1.29 is 4.79 Å². The normalized spacial score (nSPS) is 10.2. The zero-order valence-electron chi connectivity index (χ0n) is 10.9. The number of nitrogens with zero attached hydrogens (tertiary/aromatic N) is 1. The van der Waals surface area contributed by atoms with Gasteiger partial charge in [0.15, 0.2) is 5.13 Å². The Kier molecular flexibility index (Phi) is 4.01. The predicted octanol–water partition coefficient (Wildman–Crippen LogP) is 2.01. The highest BCUT2D eigenvalue weighted by Crippen LogP contribution is 2.24. The van der Waals surface area contributed by atoms with Gasteiger partial charge in [-0.05, 0) is 12.5 Å². The fraction of sp³-hybridized carbons (Fsp3) is 0.231. The van der Waals surface area contributed by atoms with Crippen LogP contribution in [0.15, 0.2) is 24.3 Å². The molecule has 1 amide bonds. The van der Waals surface area contributed by atoms with E-state index in [4.69, 9.17) is 5.73 Å². The molecule has 2 aromatic rings. The number of hydrogen-bond donors (Lipinski definition) is 3. The minimum absolute atomic E-state index is 0.196. The molecule has 6 heteroatoms. The lowest BCUT2D eigenvalue weighted by atomic mass is 10.1. The lowest BCUT2D eigenvalue weighted by Crippen LogP contribution is -2.22. The number of nitrogen functional groups attached to an aromatic ring is 1. The van der Waals surface area contributed by atoms with Crippen molar-refractivity contribution in [2.24, 2.45) is 0 Å². The van der Waals surface area contributed by atoms with Crippen LogP contribution in [-0.2, 0) is 6.54 Å². The van der Waals surface area contributed by atoms with Crippen molar-refractivity contribution in [2.75, 3.05) is 18.1 Å². The summed E-state index contributed by atoms with van der Waals surface area (Å²) in [5, 5.41) is 6.35. The molecule has 1 aromatic heterocycles. The number of anilines is 2. The van der Waals surface area contributed by atoms with Gasteiger partial charge in [-0.25, -0.2) is 4.98 Å². The summed E-state index contributed by atoms with van der Waals surface area (Å²) in [5.41, 5.74) is 7.94. The predicted molar refractivity (Wildman–Crippen MR) is 78.4 cm³/mol. The van der Waals surface area contributed by atoms with E-state index in [2.05, 4.69) is 15.6 Å². The maximum atomic E-state index is 12.0. The van der Waals surface area contributed by atoms with Gasteiger partial charge in [-0.15, -0.1) is 0 Å². The molecule has 0 spiro atoms. The molecule has 0 saturated heterocycles. The average Bonchev–Trinajstić information content (AvgIpc) is 2.77. The van der Waals surface area contributed by atoms with Gasteiger partial charge in [-0.2, -0.15) is 0 Å². The van der Waals surface area contributed by atoms with Gasteiger partial charge in [0, 0.05) is 13.6 Å². The molecule has 0 atom stereocenters. The van der Waals surface area contributed by atoms with E-state index >= 15 is 0 Å². The molecule has 0 aliphatic carbocycles. The summed E-state index contributed by atoms with van der Waals surface area (Å²) >= 11 is 1.25. The number of carbonyl (C=O) groups excluding carboxylic acids is 1. The topological polar surface area (TPSA) is 80.0 Å². The quantitative estimate of drug-likeness (QED) is 0.798. The Hall–Kier alpha value is -2.08. The summed E-state index contributed by atoms with van der Waals surface area (Å²) in [6.45, 7) is 2.50. The SMILES string of the molecule is CNc1nc(N)c(C(=O)NCc2cccc(C)c2)s1. The maximum absolute atomic E-state index is 12.0. The van der Waals surface area contributed by atoms with Crippen LogP contribution in [0.5, 0.6) is 0 Å². The number of benzene rings is 1. The van der Waals surface area contributed by atoms with Crippen molar-refractivity contribution in [2.45, 2.75) is 13.5 Å². The second kappa shape index (κ2) is 5.71. The summed E-state index contributed by atoms with van der Waals surface area (Å²) in [7, 11) is 1.74. The number of aromatic nitrogens is 1. The molecule has 0 saturated carbocycles. The molecular weight excluding hydrogens is 260 g/mol. The highest BCUT2D eigenvalue weighted by atomic mass is 32.1. The third kappa shape index (κ3) is 3.23. The molecule has 5 nitrogen and oxygen atoms in total. The van der Waals surface area contributed by atoms with E-state index in [0.717, 1.165) is 5.56 Å². The monoisotopic (exact) mass is 276 g/mol. The van der Waals surface area contributed by atoms with Crippen LogP contribution in [0.4, 0.5) is 10.9 Å². The maximum Gasteiger partial charge on any atom is 0.265 e. The number of nitrogens with one attached hydrogen (secondary N) is 2. The van der Waals surface area contributed by atoms with Gasteiger partial charge >= 0.3 is 0 Å². The Morgan fingerprint density at radius 1 is 1.47 bits per heavy atom. The van der Waals surface area contributed by atoms with Crippen LogP contribution in [0.3, 0.4) is 0 Å². The first kappa shape index (κ1) is 13.4. The van der Waals surface area contributed by atoms with Crippen molar-refractivity contribution in [3.8, 4) is 0 Å². The number of carbonyl (C=O) groups is 1. The molecule has 19 heavy (non-hydrogen) atoms. The van der Waals surface area contributed by atoms with E-state index in [1.54, 1.807) is 7.05 Å². The van der Waals surface area contributed by atoms with Crippen molar-refractivity contribution >= 4 is 28.2 Å². The highest BCUT2D eigenvalue weighted by Gasteiger charge is 2.15. The van der Waals surface area contributed by atoms with E-state index in [-0.39, 0.29) is 11.7 Å².